The molecule has 1 heteroatoms. The normalized spacial score (nSPS) is 9.92. The van der Waals surface area contributed by atoms with Gasteiger partial charge in [0.1, 0.15) is 0 Å². The number of hydrogen-bond acceptors (Lipinski definition) is 1. The van der Waals surface area contributed by atoms with Crippen molar-refractivity contribution in [3.63, 3.8) is 0 Å². The molecular weight excluding hydrogens is 146 g/mol. The highest BCUT2D eigenvalue weighted by Crippen LogP contribution is 2.11. The zero-order valence-electron chi connectivity index (χ0n) is 9.81. The number of nitriles is 1. The SMILES string of the molecule is CC.CC.CC(C)C(C)CC#N. The number of nitrogens with zero attached hydrogens (tertiary/aromatic N) is 1. The Kier molecular flexibility index (Phi) is 24.6. The first kappa shape index (κ1) is 17.5. The van der Waals surface area contributed by atoms with Crippen molar-refractivity contribution in [1.82, 2.24) is 0 Å². The minimum absolute atomic E-state index is 0.556. The van der Waals surface area contributed by atoms with E-state index in [1.54, 1.807) is 0 Å². The van der Waals surface area contributed by atoms with Crippen LogP contribution in [0.4, 0.5) is 0 Å². The molecular formula is C11H25N. The zero-order valence-corrected chi connectivity index (χ0v) is 9.81. The Labute approximate surface area is 78.8 Å². The second-order valence-electron chi connectivity index (χ2n) is 2.58. The second kappa shape index (κ2) is 16.8. The molecule has 0 aliphatic rings. The van der Waals surface area contributed by atoms with E-state index < -0.39 is 0 Å². The first-order chi connectivity index (χ1) is 5.68. The summed E-state index contributed by atoms with van der Waals surface area (Å²) in [4.78, 5) is 0. The summed E-state index contributed by atoms with van der Waals surface area (Å²) < 4.78 is 0. The summed E-state index contributed by atoms with van der Waals surface area (Å²) in [5.41, 5.74) is 0. The molecule has 0 aromatic heterocycles. The average Bonchev–Trinajstić information content (AvgIpc) is 2.12. The molecule has 0 aromatic rings. The highest BCUT2D eigenvalue weighted by molar-refractivity contribution is 4.74. The minimum atomic E-state index is 0.556. The van der Waals surface area contributed by atoms with Crippen LogP contribution in [-0.4, -0.2) is 0 Å². The molecule has 12 heavy (non-hydrogen) atoms. The van der Waals surface area contributed by atoms with Crippen molar-refractivity contribution in [2.75, 3.05) is 0 Å². The van der Waals surface area contributed by atoms with Crippen LogP contribution < -0.4 is 0 Å². The van der Waals surface area contributed by atoms with Gasteiger partial charge >= 0.3 is 0 Å². The summed E-state index contributed by atoms with van der Waals surface area (Å²) in [6, 6.07) is 2.15. The molecule has 0 fully saturated rings. The standard InChI is InChI=1S/C7H13N.2C2H6/c1-6(2)7(3)4-5-8;2*1-2/h6-7H,4H2,1-3H3;2*1-2H3. The van der Waals surface area contributed by atoms with Crippen molar-refractivity contribution in [3.05, 3.63) is 0 Å². The topological polar surface area (TPSA) is 23.8 Å². The van der Waals surface area contributed by atoms with Crippen LogP contribution in [0.5, 0.6) is 0 Å². The summed E-state index contributed by atoms with van der Waals surface area (Å²) in [7, 11) is 0. The monoisotopic (exact) mass is 171 g/mol. The molecule has 0 rings (SSSR count). The van der Waals surface area contributed by atoms with Crippen molar-refractivity contribution in [2.24, 2.45) is 11.8 Å². The van der Waals surface area contributed by atoms with Crippen molar-refractivity contribution in [3.8, 4) is 6.07 Å². The van der Waals surface area contributed by atoms with Gasteiger partial charge in [-0.3, -0.25) is 0 Å². The molecule has 74 valence electrons. The lowest BCUT2D eigenvalue weighted by Crippen LogP contribution is -2.01. The fourth-order valence-corrected chi connectivity index (χ4v) is 0.380. The van der Waals surface area contributed by atoms with E-state index in [9.17, 15) is 0 Å². The van der Waals surface area contributed by atoms with Crippen LogP contribution >= 0.6 is 0 Å². The van der Waals surface area contributed by atoms with Gasteiger partial charge in [-0.05, 0) is 11.8 Å². The second-order valence-corrected chi connectivity index (χ2v) is 2.58. The van der Waals surface area contributed by atoms with Gasteiger partial charge in [0.25, 0.3) is 0 Å². The summed E-state index contributed by atoms with van der Waals surface area (Å²) >= 11 is 0. The van der Waals surface area contributed by atoms with Crippen molar-refractivity contribution in [1.29, 1.82) is 5.26 Å². The van der Waals surface area contributed by atoms with E-state index in [-0.39, 0.29) is 0 Å². The third-order valence-electron chi connectivity index (χ3n) is 1.55. The largest absolute Gasteiger partial charge is 0.198 e. The van der Waals surface area contributed by atoms with Crippen LogP contribution in [0.25, 0.3) is 0 Å². The number of hydrogen-bond donors (Lipinski definition) is 0. The van der Waals surface area contributed by atoms with Gasteiger partial charge in [0.15, 0.2) is 0 Å². The summed E-state index contributed by atoms with van der Waals surface area (Å²) in [5.74, 6) is 1.20. The zero-order chi connectivity index (χ0) is 10.6. The summed E-state index contributed by atoms with van der Waals surface area (Å²) in [6.45, 7) is 14.4. The number of rotatable bonds is 2. The Morgan fingerprint density at radius 2 is 1.33 bits per heavy atom. The van der Waals surface area contributed by atoms with Gasteiger partial charge in [-0.25, -0.2) is 0 Å². The maximum atomic E-state index is 8.24. The Balaban J connectivity index is -0.000000175. The first-order valence-electron chi connectivity index (χ1n) is 5.05. The van der Waals surface area contributed by atoms with Gasteiger partial charge in [-0.1, -0.05) is 48.5 Å². The van der Waals surface area contributed by atoms with Crippen LogP contribution in [0, 0.1) is 23.2 Å². The lowest BCUT2D eigenvalue weighted by Gasteiger charge is -2.09. The molecule has 0 radical (unpaired) electrons. The predicted octanol–water partition coefficient (Wildman–Crippen LogP) is 4.24. The van der Waals surface area contributed by atoms with E-state index in [0.29, 0.717) is 18.3 Å². The van der Waals surface area contributed by atoms with Crippen LogP contribution in [0.2, 0.25) is 0 Å². The minimum Gasteiger partial charge on any atom is -0.198 e. The molecule has 0 aliphatic carbocycles. The van der Waals surface area contributed by atoms with Crippen molar-refractivity contribution >= 4 is 0 Å². The maximum absolute atomic E-state index is 8.24. The van der Waals surface area contributed by atoms with Gasteiger partial charge in [-0.2, -0.15) is 5.26 Å². The molecule has 0 saturated heterocycles. The molecule has 0 saturated carbocycles. The smallest absolute Gasteiger partial charge is 0.0624 e. The van der Waals surface area contributed by atoms with E-state index in [1.807, 2.05) is 27.7 Å². The van der Waals surface area contributed by atoms with Crippen molar-refractivity contribution < 1.29 is 0 Å². The van der Waals surface area contributed by atoms with E-state index in [0.717, 1.165) is 0 Å². The van der Waals surface area contributed by atoms with E-state index in [4.69, 9.17) is 5.26 Å². The predicted molar refractivity (Wildman–Crippen MR) is 56.9 cm³/mol. The van der Waals surface area contributed by atoms with Gasteiger partial charge in [0.05, 0.1) is 6.07 Å². The van der Waals surface area contributed by atoms with Crippen molar-refractivity contribution in [2.45, 2.75) is 54.9 Å². The molecule has 1 nitrogen and oxygen atoms in total. The highest BCUT2D eigenvalue weighted by Gasteiger charge is 2.04. The lowest BCUT2D eigenvalue weighted by molar-refractivity contribution is 0.427. The van der Waals surface area contributed by atoms with Gasteiger partial charge in [0, 0.05) is 6.42 Å². The fraction of sp³-hybridized carbons (Fsp3) is 0.909. The van der Waals surface area contributed by atoms with Gasteiger partial charge < -0.3 is 0 Å². The summed E-state index contributed by atoms with van der Waals surface area (Å²) in [6.07, 6.45) is 0.692. The van der Waals surface area contributed by atoms with Crippen LogP contribution in [0.15, 0.2) is 0 Å². The van der Waals surface area contributed by atoms with Gasteiger partial charge in [-0.15, -0.1) is 0 Å². The van der Waals surface area contributed by atoms with E-state index in [1.165, 1.54) is 0 Å². The van der Waals surface area contributed by atoms with Crippen LogP contribution in [0.3, 0.4) is 0 Å². The Morgan fingerprint density at radius 1 is 1.00 bits per heavy atom. The molecule has 0 spiro atoms. The van der Waals surface area contributed by atoms with E-state index >= 15 is 0 Å². The van der Waals surface area contributed by atoms with E-state index in [2.05, 4.69) is 26.8 Å². The molecule has 1 atom stereocenters. The fourth-order valence-electron chi connectivity index (χ4n) is 0.380. The van der Waals surface area contributed by atoms with Crippen LogP contribution in [0.1, 0.15) is 54.9 Å². The summed E-state index contributed by atoms with van der Waals surface area (Å²) in [5, 5.41) is 8.24. The highest BCUT2D eigenvalue weighted by atomic mass is 14.2. The molecule has 0 aromatic carbocycles. The average molecular weight is 171 g/mol. The molecule has 0 bridgehead atoms. The Bertz CT molecular complexity index is 89.7. The maximum Gasteiger partial charge on any atom is 0.0624 e. The Morgan fingerprint density at radius 3 is 1.42 bits per heavy atom. The quantitative estimate of drug-likeness (QED) is 0.609. The molecule has 0 heterocycles. The third kappa shape index (κ3) is 16.2. The Hall–Kier alpha value is -0.510. The molecule has 0 amide bonds. The lowest BCUT2D eigenvalue weighted by atomic mass is 9.96. The molecule has 0 N–H and O–H groups in total. The van der Waals surface area contributed by atoms with Gasteiger partial charge in [0.2, 0.25) is 0 Å². The molecule has 1 unspecified atom stereocenters. The molecule has 0 aliphatic heterocycles. The van der Waals surface area contributed by atoms with Crippen LogP contribution in [-0.2, 0) is 0 Å². The first-order valence-corrected chi connectivity index (χ1v) is 5.05. The third-order valence-corrected chi connectivity index (χ3v) is 1.55.